The van der Waals surface area contributed by atoms with Crippen LogP contribution < -0.4 is 10.6 Å². The number of nitrogens with zero attached hydrogens (tertiary/aromatic N) is 2. The molecule has 0 unspecified atom stereocenters. The van der Waals surface area contributed by atoms with E-state index in [9.17, 15) is 0 Å². The SMILES string of the molecule is CCc1nc(CCNC(=NC)NCc2ccc(Cl)cc2Cl)cs1. The maximum Gasteiger partial charge on any atom is 0.191 e. The summed E-state index contributed by atoms with van der Waals surface area (Å²) in [6, 6.07) is 5.48. The smallest absolute Gasteiger partial charge is 0.191 e. The van der Waals surface area contributed by atoms with Crippen LogP contribution in [0.3, 0.4) is 0 Å². The van der Waals surface area contributed by atoms with Crippen LogP contribution in [0.15, 0.2) is 28.6 Å². The van der Waals surface area contributed by atoms with Gasteiger partial charge in [-0.3, -0.25) is 4.99 Å². The number of thiazole rings is 1. The summed E-state index contributed by atoms with van der Waals surface area (Å²) >= 11 is 13.8. The Morgan fingerprint density at radius 1 is 1.30 bits per heavy atom. The standard InChI is InChI=1S/C16H20Cl2N4S/c1-3-15-22-13(10-23-15)6-7-20-16(19-2)21-9-11-4-5-12(17)8-14(11)18/h4-5,8,10H,3,6-7,9H2,1-2H3,(H2,19,20,21). The van der Waals surface area contributed by atoms with Gasteiger partial charge in [-0.15, -0.1) is 11.3 Å². The van der Waals surface area contributed by atoms with Crippen molar-refractivity contribution < 1.29 is 0 Å². The van der Waals surface area contributed by atoms with Crippen LogP contribution in [0.2, 0.25) is 10.0 Å². The van der Waals surface area contributed by atoms with E-state index >= 15 is 0 Å². The van der Waals surface area contributed by atoms with Gasteiger partial charge in [-0.25, -0.2) is 4.98 Å². The third kappa shape index (κ3) is 5.68. The number of nitrogens with one attached hydrogen (secondary N) is 2. The molecule has 0 bridgehead atoms. The van der Waals surface area contributed by atoms with Gasteiger partial charge in [0.1, 0.15) is 0 Å². The van der Waals surface area contributed by atoms with Gasteiger partial charge in [0.2, 0.25) is 0 Å². The van der Waals surface area contributed by atoms with Crippen molar-refractivity contribution in [3.63, 3.8) is 0 Å². The first-order chi connectivity index (χ1) is 11.1. The van der Waals surface area contributed by atoms with Gasteiger partial charge < -0.3 is 10.6 Å². The fourth-order valence-corrected chi connectivity index (χ4v) is 3.25. The maximum absolute atomic E-state index is 6.16. The molecule has 0 saturated heterocycles. The summed E-state index contributed by atoms with van der Waals surface area (Å²) in [5, 5.41) is 11.1. The van der Waals surface area contributed by atoms with Crippen molar-refractivity contribution in [2.75, 3.05) is 13.6 Å². The molecule has 23 heavy (non-hydrogen) atoms. The molecule has 0 saturated carbocycles. The first-order valence-corrected chi connectivity index (χ1v) is 9.07. The first-order valence-electron chi connectivity index (χ1n) is 7.44. The Labute approximate surface area is 151 Å². The van der Waals surface area contributed by atoms with E-state index < -0.39 is 0 Å². The zero-order valence-corrected chi connectivity index (χ0v) is 15.5. The van der Waals surface area contributed by atoms with Gasteiger partial charge in [-0.2, -0.15) is 0 Å². The van der Waals surface area contributed by atoms with Crippen LogP contribution >= 0.6 is 34.5 Å². The number of hydrogen-bond acceptors (Lipinski definition) is 3. The summed E-state index contributed by atoms with van der Waals surface area (Å²) < 4.78 is 0. The second-order valence-corrected chi connectivity index (χ2v) is 6.71. The molecule has 0 aliphatic rings. The summed E-state index contributed by atoms with van der Waals surface area (Å²) in [6.45, 7) is 3.49. The summed E-state index contributed by atoms with van der Waals surface area (Å²) in [4.78, 5) is 8.76. The average Bonchev–Trinajstić information content (AvgIpc) is 3.00. The Morgan fingerprint density at radius 3 is 2.78 bits per heavy atom. The van der Waals surface area contributed by atoms with Crippen molar-refractivity contribution in [1.29, 1.82) is 0 Å². The minimum absolute atomic E-state index is 0.590. The second-order valence-electron chi connectivity index (χ2n) is 4.92. The molecule has 1 aromatic carbocycles. The monoisotopic (exact) mass is 370 g/mol. The molecule has 2 N–H and O–H groups in total. The zero-order chi connectivity index (χ0) is 16.7. The first kappa shape index (κ1) is 18.0. The molecule has 2 aromatic rings. The Morgan fingerprint density at radius 2 is 2.13 bits per heavy atom. The number of hydrogen-bond donors (Lipinski definition) is 2. The van der Waals surface area contributed by atoms with E-state index in [1.165, 1.54) is 5.01 Å². The number of guanidine groups is 1. The number of halogens is 2. The van der Waals surface area contributed by atoms with Crippen molar-refractivity contribution in [3.8, 4) is 0 Å². The van der Waals surface area contributed by atoms with Crippen LogP contribution in [0.5, 0.6) is 0 Å². The van der Waals surface area contributed by atoms with Crippen molar-refractivity contribution in [1.82, 2.24) is 15.6 Å². The minimum atomic E-state index is 0.590. The highest BCUT2D eigenvalue weighted by Gasteiger charge is 2.04. The molecular weight excluding hydrogens is 351 g/mol. The molecule has 0 amide bonds. The van der Waals surface area contributed by atoms with Crippen molar-refractivity contribution in [3.05, 3.63) is 49.9 Å². The Kier molecular flexibility index (Phi) is 7.15. The number of aliphatic imine (C=N–C) groups is 1. The molecule has 0 spiro atoms. The number of benzene rings is 1. The molecule has 0 radical (unpaired) electrons. The van der Waals surface area contributed by atoms with Gasteiger partial charge in [-0.1, -0.05) is 36.2 Å². The van der Waals surface area contributed by atoms with Crippen LogP contribution in [-0.4, -0.2) is 24.5 Å². The van der Waals surface area contributed by atoms with Crippen molar-refractivity contribution >= 4 is 40.5 Å². The Balaban J connectivity index is 1.79. The molecule has 0 fully saturated rings. The third-order valence-corrected chi connectivity index (χ3v) is 4.89. The maximum atomic E-state index is 6.16. The van der Waals surface area contributed by atoms with Crippen LogP contribution in [0.4, 0.5) is 0 Å². The van der Waals surface area contributed by atoms with E-state index in [0.717, 1.165) is 36.6 Å². The lowest BCUT2D eigenvalue weighted by molar-refractivity contribution is 0.785. The molecule has 1 heterocycles. The lowest BCUT2D eigenvalue weighted by atomic mass is 10.2. The van der Waals surface area contributed by atoms with E-state index in [0.29, 0.717) is 16.6 Å². The number of aromatic nitrogens is 1. The van der Waals surface area contributed by atoms with E-state index in [1.54, 1.807) is 24.5 Å². The lowest BCUT2D eigenvalue weighted by Crippen LogP contribution is -2.37. The molecule has 4 nitrogen and oxygen atoms in total. The highest BCUT2D eigenvalue weighted by atomic mass is 35.5. The van der Waals surface area contributed by atoms with Gasteiger partial charge in [-0.05, 0) is 24.1 Å². The second kappa shape index (κ2) is 9.11. The molecule has 1 aromatic heterocycles. The molecule has 2 rings (SSSR count). The largest absolute Gasteiger partial charge is 0.356 e. The van der Waals surface area contributed by atoms with E-state index in [2.05, 4.69) is 32.9 Å². The summed E-state index contributed by atoms with van der Waals surface area (Å²) in [5.41, 5.74) is 2.10. The van der Waals surface area contributed by atoms with Gasteiger partial charge in [0.05, 0.1) is 10.7 Å². The Hall–Kier alpha value is -1.30. The van der Waals surface area contributed by atoms with Gasteiger partial charge in [0, 0.05) is 42.0 Å². The third-order valence-electron chi connectivity index (χ3n) is 3.26. The lowest BCUT2D eigenvalue weighted by Gasteiger charge is -2.12. The number of rotatable bonds is 6. The predicted octanol–water partition coefficient (Wildman–Crippen LogP) is 3.92. The van der Waals surface area contributed by atoms with Gasteiger partial charge in [0.25, 0.3) is 0 Å². The van der Waals surface area contributed by atoms with E-state index in [1.807, 2.05) is 12.1 Å². The van der Waals surface area contributed by atoms with E-state index in [4.69, 9.17) is 23.2 Å². The minimum Gasteiger partial charge on any atom is -0.356 e. The average molecular weight is 371 g/mol. The summed E-state index contributed by atoms with van der Waals surface area (Å²) in [7, 11) is 1.75. The summed E-state index contributed by atoms with van der Waals surface area (Å²) in [6.07, 6.45) is 1.86. The van der Waals surface area contributed by atoms with Crippen molar-refractivity contribution in [2.45, 2.75) is 26.3 Å². The molecular formula is C16H20Cl2N4S. The highest BCUT2D eigenvalue weighted by molar-refractivity contribution is 7.09. The topological polar surface area (TPSA) is 49.3 Å². The van der Waals surface area contributed by atoms with Crippen LogP contribution in [0, 0.1) is 0 Å². The zero-order valence-electron chi connectivity index (χ0n) is 13.2. The van der Waals surface area contributed by atoms with Crippen LogP contribution in [-0.2, 0) is 19.4 Å². The van der Waals surface area contributed by atoms with Crippen LogP contribution in [0.25, 0.3) is 0 Å². The van der Waals surface area contributed by atoms with Crippen molar-refractivity contribution in [2.24, 2.45) is 4.99 Å². The molecule has 7 heteroatoms. The fourth-order valence-electron chi connectivity index (χ4n) is 2.00. The number of aryl methyl sites for hydroxylation is 1. The predicted molar refractivity (Wildman–Crippen MR) is 99.9 cm³/mol. The summed E-state index contributed by atoms with van der Waals surface area (Å²) in [5.74, 6) is 0.738. The molecule has 124 valence electrons. The van der Waals surface area contributed by atoms with Gasteiger partial charge in [0.15, 0.2) is 5.96 Å². The van der Waals surface area contributed by atoms with Crippen LogP contribution in [0.1, 0.15) is 23.2 Å². The molecule has 0 atom stereocenters. The fraction of sp³-hybridized carbons (Fsp3) is 0.375. The Bertz CT molecular complexity index is 670. The normalized spacial score (nSPS) is 11.6. The van der Waals surface area contributed by atoms with E-state index in [-0.39, 0.29) is 0 Å². The van der Waals surface area contributed by atoms with Gasteiger partial charge >= 0.3 is 0 Å². The quantitative estimate of drug-likeness (QED) is 0.598. The molecule has 0 aliphatic heterocycles. The molecule has 0 aliphatic carbocycles. The highest BCUT2D eigenvalue weighted by Crippen LogP contribution is 2.20.